The summed E-state index contributed by atoms with van der Waals surface area (Å²) in [5.41, 5.74) is 2.33. The number of aryl methyl sites for hydroxylation is 2. The highest BCUT2D eigenvalue weighted by Gasteiger charge is 2.13. The first-order valence-electron chi connectivity index (χ1n) is 5.83. The topological polar surface area (TPSA) is 42.7 Å². The molecule has 1 N–H and O–H groups in total. The molecule has 0 aliphatic rings. The second-order valence-corrected chi connectivity index (χ2v) is 5.00. The number of likely N-dealkylation sites (N-methyl/N-ethyl adjacent to an activating group) is 1. The zero-order valence-electron chi connectivity index (χ0n) is 10.5. The third-order valence-electron chi connectivity index (χ3n) is 2.77. The van der Waals surface area contributed by atoms with Crippen molar-refractivity contribution in [1.82, 2.24) is 20.1 Å². The quantitative estimate of drug-likeness (QED) is 0.884. The van der Waals surface area contributed by atoms with Crippen molar-refractivity contribution < 1.29 is 0 Å². The largest absolute Gasteiger partial charge is 0.313 e. The van der Waals surface area contributed by atoms with Gasteiger partial charge in [0.2, 0.25) is 0 Å². The maximum atomic E-state index is 4.50. The average molecular weight is 250 g/mol. The Balaban J connectivity index is 2.10. The van der Waals surface area contributed by atoms with Gasteiger partial charge in [0.25, 0.3) is 0 Å². The molecule has 5 heteroatoms. The minimum absolute atomic E-state index is 0.292. The molecule has 0 saturated carbocycles. The normalized spacial score (nSPS) is 12.9. The van der Waals surface area contributed by atoms with Gasteiger partial charge in [-0.05, 0) is 20.9 Å². The minimum Gasteiger partial charge on any atom is -0.313 e. The Hall–Kier alpha value is -1.20. The Bertz CT molecular complexity index is 474. The van der Waals surface area contributed by atoms with Gasteiger partial charge in [0.05, 0.1) is 11.2 Å². The molecule has 0 spiro atoms. The van der Waals surface area contributed by atoms with Gasteiger partial charge in [-0.25, -0.2) is 4.98 Å². The Kier molecular flexibility index (Phi) is 3.91. The number of thiazole rings is 1. The van der Waals surface area contributed by atoms with Gasteiger partial charge in [-0.2, -0.15) is 5.10 Å². The molecule has 2 rings (SSSR count). The Morgan fingerprint density at radius 2 is 2.35 bits per heavy atom. The van der Waals surface area contributed by atoms with E-state index in [-0.39, 0.29) is 0 Å². The standard InChI is InChI=1S/C12H18N4S/c1-4-16-7-10(6-14-16)11(13-3)5-12-15-9(2)8-17-12/h6-8,11,13H,4-5H2,1-3H3. The molecule has 17 heavy (non-hydrogen) atoms. The summed E-state index contributed by atoms with van der Waals surface area (Å²) >= 11 is 1.72. The fraction of sp³-hybridized carbons (Fsp3) is 0.500. The zero-order valence-corrected chi connectivity index (χ0v) is 11.3. The lowest BCUT2D eigenvalue weighted by Gasteiger charge is -2.12. The van der Waals surface area contributed by atoms with Gasteiger partial charge < -0.3 is 5.32 Å². The lowest BCUT2D eigenvalue weighted by atomic mass is 10.1. The molecule has 1 atom stereocenters. The second kappa shape index (κ2) is 5.42. The average Bonchev–Trinajstić information content (AvgIpc) is 2.94. The maximum Gasteiger partial charge on any atom is 0.0947 e. The molecule has 92 valence electrons. The predicted molar refractivity (Wildman–Crippen MR) is 70.3 cm³/mol. The van der Waals surface area contributed by atoms with E-state index in [2.05, 4.69) is 33.9 Å². The Morgan fingerprint density at radius 1 is 1.53 bits per heavy atom. The van der Waals surface area contributed by atoms with Gasteiger partial charge in [-0.1, -0.05) is 0 Å². The number of nitrogens with one attached hydrogen (secondary N) is 1. The van der Waals surface area contributed by atoms with Crippen molar-refractivity contribution in [3.8, 4) is 0 Å². The molecule has 0 radical (unpaired) electrons. The molecule has 0 saturated heterocycles. The minimum atomic E-state index is 0.292. The SMILES string of the molecule is CCn1cc(C(Cc2nc(C)cs2)NC)cn1. The van der Waals surface area contributed by atoms with E-state index in [0.29, 0.717) is 6.04 Å². The molecule has 0 amide bonds. The molecule has 0 aliphatic heterocycles. The molecule has 4 nitrogen and oxygen atoms in total. The van der Waals surface area contributed by atoms with Crippen LogP contribution in [0.25, 0.3) is 0 Å². The van der Waals surface area contributed by atoms with Crippen LogP contribution in [0.4, 0.5) is 0 Å². The molecule has 0 aromatic carbocycles. The molecular formula is C12H18N4S. The number of hydrogen-bond acceptors (Lipinski definition) is 4. The molecule has 0 bridgehead atoms. The van der Waals surface area contributed by atoms with Crippen LogP contribution < -0.4 is 5.32 Å². The van der Waals surface area contributed by atoms with Crippen molar-refractivity contribution in [2.24, 2.45) is 0 Å². The zero-order chi connectivity index (χ0) is 12.3. The van der Waals surface area contributed by atoms with Crippen LogP contribution in [0, 0.1) is 6.92 Å². The predicted octanol–water partition coefficient (Wildman–Crippen LogP) is 2.17. The van der Waals surface area contributed by atoms with Gasteiger partial charge in [0.15, 0.2) is 0 Å². The highest BCUT2D eigenvalue weighted by molar-refractivity contribution is 7.09. The lowest BCUT2D eigenvalue weighted by Crippen LogP contribution is -2.18. The van der Waals surface area contributed by atoms with E-state index >= 15 is 0 Å². The lowest BCUT2D eigenvalue weighted by molar-refractivity contribution is 0.587. The van der Waals surface area contributed by atoms with E-state index in [1.165, 1.54) is 10.6 Å². The maximum absolute atomic E-state index is 4.50. The molecule has 1 unspecified atom stereocenters. The monoisotopic (exact) mass is 250 g/mol. The summed E-state index contributed by atoms with van der Waals surface area (Å²) in [7, 11) is 1.98. The summed E-state index contributed by atoms with van der Waals surface area (Å²) in [4.78, 5) is 4.50. The van der Waals surface area contributed by atoms with Crippen LogP contribution in [0.2, 0.25) is 0 Å². The fourth-order valence-corrected chi connectivity index (χ4v) is 2.61. The number of aromatic nitrogens is 3. The molecule has 2 aromatic rings. The van der Waals surface area contributed by atoms with Crippen LogP contribution >= 0.6 is 11.3 Å². The van der Waals surface area contributed by atoms with E-state index in [9.17, 15) is 0 Å². The van der Waals surface area contributed by atoms with Crippen molar-refractivity contribution in [1.29, 1.82) is 0 Å². The van der Waals surface area contributed by atoms with Gasteiger partial charge in [-0.3, -0.25) is 4.68 Å². The molecule has 2 heterocycles. The van der Waals surface area contributed by atoms with Crippen LogP contribution in [-0.2, 0) is 13.0 Å². The van der Waals surface area contributed by atoms with Crippen LogP contribution in [0.5, 0.6) is 0 Å². The van der Waals surface area contributed by atoms with E-state index in [1.807, 2.05) is 24.9 Å². The first kappa shape index (κ1) is 12.3. The third-order valence-corrected chi connectivity index (χ3v) is 3.76. The number of hydrogen-bond donors (Lipinski definition) is 1. The van der Waals surface area contributed by atoms with Crippen molar-refractivity contribution in [3.05, 3.63) is 34.0 Å². The Morgan fingerprint density at radius 3 is 2.88 bits per heavy atom. The Labute approximate surface area is 106 Å². The summed E-state index contributed by atoms with van der Waals surface area (Å²) in [5.74, 6) is 0. The highest BCUT2D eigenvalue weighted by atomic mass is 32.1. The van der Waals surface area contributed by atoms with Crippen LogP contribution in [-0.4, -0.2) is 21.8 Å². The van der Waals surface area contributed by atoms with Crippen LogP contribution in [0.3, 0.4) is 0 Å². The molecular weight excluding hydrogens is 232 g/mol. The van der Waals surface area contributed by atoms with Crippen molar-refractivity contribution in [2.45, 2.75) is 32.9 Å². The summed E-state index contributed by atoms with van der Waals surface area (Å²) in [5, 5.41) is 10.9. The van der Waals surface area contributed by atoms with Gasteiger partial charge in [0, 0.05) is 41.8 Å². The summed E-state index contributed by atoms with van der Waals surface area (Å²) in [6.07, 6.45) is 4.96. The summed E-state index contributed by atoms with van der Waals surface area (Å²) in [6, 6.07) is 0.292. The molecule has 0 aliphatic carbocycles. The van der Waals surface area contributed by atoms with E-state index in [4.69, 9.17) is 0 Å². The first-order chi connectivity index (χ1) is 8.22. The first-order valence-corrected chi connectivity index (χ1v) is 6.71. The van der Waals surface area contributed by atoms with E-state index in [1.54, 1.807) is 11.3 Å². The van der Waals surface area contributed by atoms with Crippen LogP contribution in [0.1, 0.15) is 29.2 Å². The third kappa shape index (κ3) is 2.92. The number of nitrogens with zero attached hydrogens (tertiary/aromatic N) is 3. The number of rotatable bonds is 5. The smallest absolute Gasteiger partial charge is 0.0947 e. The van der Waals surface area contributed by atoms with E-state index < -0.39 is 0 Å². The molecule has 2 aromatic heterocycles. The van der Waals surface area contributed by atoms with Crippen molar-refractivity contribution in [3.63, 3.8) is 0 Å². The van der Waals surface area contributed by atoms with Gasteiger partial charge in [0.1, 0.15) is 0 Å². The fourth-order valence-electron chi connectivity index (χ4n) is 1.79. The van der Waals surface area contributed by atoms with Crippen molar-refractivity contribution in [2.75, 3.05) is 7.05 Å². The summed E-state index contributed by atoms with van der Waals surface area (Å²) < 4.78 is 1.95. The van der Waals surface area contributed by atoms with Gasteiger partial charge in [-0.15, -0.1) is 11.3 Å². The van der Waals surface area contributed by atoms with Gasteiger partial charge >= 0.3 is 0 Å². The van der Waals surface area contributed by atoms with Crippen molar-refractivity contribution >= 4 is 11.3 Å². The highest BCUT2D eigenvalue weighted by Crippen LogP contribution is 2.20. The molecule has 0 fully saturated rings. The van der Waals surface area contributed by atoms with Crippen LogP contribution in [0.15, 0.2) is 17.8 Å². The van der Waals surface area contributed by atoms with E-state index in [0.717, 1.165) is 18.7 Å². The summed E-state index contributed by atoms with van der Waals surface area (Å²) in [6.45, 7) is 5.03. The second-order valence-electron chi connectivity index (χ2n) is 4.06.